The Morgan fingerprint density at radius 1 is 1.17 bits per heavy atom. The monoisotopic (exact) mass is 337 g/mol. The van der Waals surface area contributed by atoms with E-state index >= 15 is 0 Å². The summed E-state index contributed by atoms with van der Waals surface area (Å²) < 4.78 is 45.8. The van der Waals surface area contributed by atoms with Crippen LogP contribution in [0.4, 0.5) is 13.2 Å². The van der Waals surface area contributed by atoms with Crippen LogP contribution in [0.5, 0.6) is 6.01 Å². The van der Waals surface area contributed by atoms with Gasteiger partial charge in [0.15, 0.2) is 5.82 Å². The lowest BCUT2D eigenvalue weighted by molar-refractivity contribution is 0.0507. The molecular weight excluding hydrogens is 323 g/mol. The largest absolute Gasteiger partial charge is 0.458 e. The summed E-state index contributed by atoms with van der Waals surface area (Å²) in [5, 5.41) is 0. The lowest BCUT2D eigenvalue weighted by Gasteiger charge is -2.32. The van der Waals surface area contributed by atoms with E-state index in [2.05, 4.69) is 9.97 Å². The highest BCUT2D eigenvalue weighted by Crippen LogP contribution is 2.20. The molecule has 2 aromatic rings. The molecule has 1 saturated heterocycles. The van der Waals surface area contributed by atoms with Gasteiger partial charge < -0.3 is 9.64 Å². The normalized spacial score (nSPS) is 17.6. The Bertz CT molecular complexity index is 720. The van der Waals surface area contributed by atoms with Crippen molar-refractivity contribution in [3.63, 3.8) is 0 Å². The molecule has 1 aromatic carbocycles. The van der Waals surface area contributed by atoms with Crippen LogP contribution in [0.2, 0.25) is 0 Å². The summed E-state index contributed by atoms with van der Waals surface area (Å²) in [5.41, 5.74) is -0.573. The highest BCUT2D eigenvalue weighted by atomic mass is 19.1. The number of hydrogen-bond donors (Lipinski definition) is 0. The maximum atomic E-state index is 13.8. The molecule has 5 nitrogen and oxygen atoms in total. The van der Waals surface area contributed by atoms with E-state index in [1.54, 1.807) is 0 Å². The fraction of sp³-hybridized carbons (Fsp3) is 0.312. The molecule has 1 atom stereocenters. The fourth-order valence-corrected chi connectivity index (χ4v) is 2.59. The number of carbonyl (C=O) groups is 1. The second-order valence-electron chi connectivity index (χ2n) is 5.41. The zero-order valence-corrected chi connectivity index (χ0v) is 12.6. The Hall–Kier alpha value is -2.64. The number of hydrogen-bond acceptors (Lipinski definition) is 4. The Kier molecular flexibility index (Phi) is 4.64. The molecule has 126 valence electrons. The van der Waals surface area contributed by atoms with Gasteiger partial charge in [-0.1, -0.05) is 6.07 Å². The summed E-state index contributed by atoms with van der Waals surface area (Å²) in [6, 6.07) is 3.28. The lowest BCUT2D eigenvalue weighted by Crippen LogP contribution is -2.45. The molecule has 1 amide bonds. The van der Waals surface area contributed by atoms with Crippen LogP contribution < -0.4 is 4.74 Å². The quantitative estimate of drug-likeness (QED) is 0.864. The third kappa shape index (κ3) is 3.47. The zero-order valence-electron chi connectivity index (χ0n) is 12.6. The first kappa shape index (κ1) is 16.2. The molecule has 0 unspecified atom stereocenters. The predicted octanol–water partition coefficient (Wildman–Crippen LogP) is 2.58. The number of amides is 1. The van der Waals surface area contributed by atoms with E-state index in [4.69, 9.17) is 4.74 Å². The van der Waals surface area contributed by atoms with Crippen LogP contribution in [0.25, 0.3) is 0 Å². The molecule has 1 aliphatic rings. The van der Waals surface area contributed by atoms with Crippen LogP contribution in [0.3, 0.4) is 0 Å². The van der Waals surface area contributed by atoms with Crippen molar-refractivity contribution in [2.75, 3.05) is 13.1 Å². The molecule has 0 saturated carbocycles. The first-order valence-corrected chi connectivity index (χ1v) is 7.42. The van der Waals surface area contributed by atoms with E-state index in [9.17, 15) is 18.0 Å². The molecule has 1 aromatic heterocycles. The van der Waals surface area contributed by atoms with Crippen molar-refractivity contribution in [3.8, 4) is 6.01 Å². The molecule has 3 rings (SSSR count). The maximum Gasteiger partial charge on any atom is 0.316 e. The number of aromatic nitrogens is 2. The van der Waals surface area contributed by atoms with Crippen molar-refractivity contribution in [1.82, 2.24) is 14.9 Å². The molecule has 1 aliphatic heterocycles. The van der Waals surface area contributed by atoms with Crippen LogP contribution in [0.15, 0.2) is 30.6 Å². The first-order chi connectivity index (χ1) is 11.5. The standard InChI is InChI=1S/C16H14F3N3O2/c17-10-7-20-16(21-8-10)24-11-3-2-6-22(9-11)15(23)14-12(18)4-1-5-13(14)19/h1,4-5,7-8,11H,2-3,6,9H2/t11-/m1/s1. The van der Waals surface area contributed by atoms with Crippen molar-refractivity contribution in [2.45, 2.75) is 18.9 Å². The number of carbonyl (C=O) groups excluding carboxylic acids is 1. The summed E-state index contributed by atoms with van der Waals surface area (Å²) in [6.07, 6.45) is 2.76. The van der Waals surface area contributed by atoms with Crippen molar-refractivity contribution in [1.29, 1.82) is 0 Å². The smallest absolute Gasteiger partial charge is 0.316 e. The van der Waals surface area contributed by atoms with Gasteiger partial charge >= 0.3 is 6.01 Å². The molecule has 8 heteroatoms. The second kappa shape index (κ2) is 6.86. The summed E-state index contributed by atoms with van der Waals surface area (Å²) in [6.45, 7) is 0.518. The van der Waals surface area contributed by atoms with Crippen molar-refractivity contribution in [3.05, 3.63) is 53.6 Å². The molecule has 0 bridgehead atoms. The molecule has 0 N–H and O–H groups in total. The molecule has 0 aliphatic carbocycles. The topological polar surface area (TPSA) is 55.3 Å². The average Bonchev–Trinajstić information content (AvgIpc) is 2.57. The summed E-state index contributed by atoms with van der Waals surface area (Å²) in [4.78, 5) is 21.1. The molecule has 0 spiro atoms. The third-order valence-electron chi connectivity index (χ3n) is 3.71. The molecule has 0 radical (unpaired) electrons. The number of likely N-dealkylation sites (tertiary alicyclic amines) is 1. The van der Waals surface area contributed by atoms with Crippen LogP contribution in [-0.4, -0.2) is 40.0 Å². The van der Waals surface area contributed by atoms with Gasteiger partial charge in [0, 0.05) is 6.54 Å². The molecular formula is C16H14F3N3O2. The van der Waals surface area contributed by atoms with Gasteiger partial charge in [-0.05, 0) is 25.0 Å². The minimum atomic E-state index is -0.898. The third-order valence-corrected chi connectivity index (χ3v) is 3.71. The zero-order chi connectivity index (χ0) is 17.1. The Morgan fingerprint density at radius 3 is 2.50 bits per heavy atom. The number of ether oxygens (including phenoxy) is 1. The van der Waals surface area contributed by atoms with Crippen LogP contribution in [0.1, 0.15) is 23.2 Å². The highest BCUT2D eigenvalue weighted by Gasteiger charge is 2.29. The van der Waals surface area contributed by atoms with Crippen molar-refractivity contribution in [2.24, 2.45) is 0 Å². The van der Waals surface area contributed by atoms with Gasteiger partial charge in [0.05, 0.1) is 18.9 Å². The minimum Gasteiger partial charge on any atom is -0.458 e. The number of rotatable bonds is 3. The van der Waals surface area contributed by atoms with Gasteiger partial charge in [0.2, 0.25) is 0 Å². The van der Waals surface area contributed by atoms with Gasteiger partial charge in [-0.15, -0.1) is 0 Å². The fourth-order valence-electron chi connectivity index (χ4n) is 2.59. The van der Waals surface area contributed by atoms with E-state index < -0.39 is 35.0 Å². The molecule has 24 heavy (non-hydrogen) atoms. The second-order valence-corrected chi connectivity index (χ2v) is 5.41. The van der Waals surface area contributed by atoms with Crippen LogP contribution in [0, 0.1) is 17.5 Å². The summed E-state index contributed by atoms with van der Waals surface area (Å²) in [5.74, 6) is -3.11. The Morgan fingerprint density at radius 2 is 1.83 bits per heavy atom. The van der Waals surface area contributed by atoms with Gasteiger partial charge in [0.25, 0.3) is 5.91 Å². The van der Waals surface area contributed by atoms with Crippen molar-refractivity contribution >= 4 is 5.91 Å². The van der Waals surface area contributed by atoms with Gasteiger partial charge in [-0.25, -0.2) is 23.1 Å². The maximum absolute atomic E-state index is 13.8. The van der Waals surface area contributed by atoms with E-state index in [1.807, 2.05) is 0 Å². The predicted molar refractivity (Wildman–Crippen MR) is 77.9 cm³/mol. The highest BCUT2D eigenvalue weighted by molar-refractivity contribution is 5.94. The van der Waals surface area contributed by atoms with E-state index in [-0.39, 0.29) is 12.6 Å². The average molecular weight is 337 g/mol. The summed E-state index contributed by atoms with van der Waals surface area (Å²) >= 11 is 0. The van der Waals surface area contributed by atoms with E-state index in [0.29, 0.717) is 19.4 Å². The molecule has 1 fully saturated rings. The van der Waals surface area contributed by atoms with Crippen LogP contribution in [-0.2, 0) is 0 Å². The lowest BCUT2D eigenvalue weighted by atomic mass is 10.1. The van der Waals surface area contributed by atoms with Crippen molar-refractivity contribution < 1.29 is 22.7 Å². The Balaban J connectivity index is 1.71. The Labute approximate surface area is 136 Å². The number of benzene rings is 1. The van der Waals surface area contributed by atoms with Gasteiger partial charge in [-0.2, -0.15) is 0 Å². The molecule has 2 heterocycles. The van der Waals surface area contributed by atoms with E-state index in [1.165, 1.54) is 11.0 Å². The number of nitrogens with zero attached hydrogens (tertiary/aromatic N) is 3. The van der Waals surface area contributed by atoms with Gasteiger partial charge in [-0.3, -0.25) is 4.79 Å². The summed E-state index contributed by atoms with van der Waals surface area (Å²) in [7, 11) is 0. The number of halogens is 3. The SMILES string of the molecule is O=C(c1c(F)cccc1F)N1CCC[C@@H](Oc2ncc(F)cn2)C1. The minimum absolute atomic E-state index is 0.00669. The number of piperidine rings is 1. The van der Waals surface area contributed by atoms with Gasteiger partial charge in [0.1, 0.15) is 23.3 Å². The first-order valence-electron chi connectivity index (χ1n) is 7.42. The van der Waals surface area contributed by atoms with E-state index in [0.717, 1.165) is 24.5 Å². The van der Waals surface area contributed by atoms with Crippen LogP contribution >= 0.6 is 0 Å².